The third-order valence-corrected chi connectivity index (χ3v) is 6.35. The van der Waals surface area contributed by atoms with Crippen molar-refractivity contribution in [3.63, 3.8) is 0 Å². The van der Waals surface area contributed by atoms with Crippen molar-refractivity contribution in [2.75, 3.05) is 27.1 Å². The molecule has 4 aromatic rings. The predicted molar refractivity (Wildman–Crippen MR) is 144 cm³/mol. The molecule has 0 atom stereocenters. The van der Waals surface area contributed by atoms with Gasteiger partial charge in [0.25, 0.3) is 5.91 Å². The standard InChI is InChI=1S/C27H27N5O4S/c1-18-5-8-20(9-6-18)26-30-31-27(32(26)21-10-12-22(34-2)13-11-21)37-17-25(33)29-28-16-19-7-14-23(35-3)24(15-19)36-4/h5-16H,17H2,1-4H3,(H,29,33)/b28-16-. The van der Waals surface area contributed by atoms with Crippen molar-refractivity contribution in [3.05, 3.63) is 77.9 Å². The second kappa shape index (κ2) is 12.1. The molecule has 1 amide bonds. The molecule has 3 aromatic carbocycles. The Hall–Kier alpha value is -4.31. The summed E-state index contributed by atoms with van der Waals surface area (Å²) in [6.07, 6.45) is 1.54. The molecule has 0 bridgehead atoms. The van der Waals surface area contributed by atoms with Crippen molar-refractivity contribution in [3.8, 4) is 34.3 Å². The Morgan fingerprint density at radius 3 is 2.35 bits per heavy atom. The Morgan fingerprint density at radius 1 is 0.946 bits per heavy atom. The number of hydrogen-bond donors (Lipinski definition) is 1. The van der Waals surface area contributed by atoms with Gasteiger partial charge >= 0.3 is 0 Å². The molecular formula is C27H27N5O4S. The summed E-state index contributed by atoms with van der Waals surface area (Å²) >= 11 is 1.27. The maximum absolute atomic E-state index is 12.5. The van der Waals surface area contributed by atoms with Crippen molar-refractivity contribution < 1.29 is 19.0 Å². The summed E-state index contributed by atoms with van der Waals surface area (Å²) in [7, 11) is 4.76. The summed E-state index contributed by atoms with van der Waals surface area (Å²) in [6.45, 7) is 2.03. The lowest BCUT2D eigenvalue weighted by Gasteiger charge is -2.11. The van der Waals surface area contributed by atoms with E-state index in [-0.39, 0.29) is 11.7 Å². The zero-order valence-corrected chi connectivity index (χ0v) is 21.8. The fourth-order valence-electron chi connectivity index (χ4n) is 3.49. The Kier molecular flexibility index (Phi) is 8.42. The average Bonchev–Trinajstić information content (AvgIpc) is 3.36. The quantitative estimate of drug-likeness (QED) is 0.188. The normalized spacial score (nSPS) is 10.9. The number of amides is 1. The Bertz CT molecular complexity index is 1390. The molecule has 0 aliphatic heterocycles. The van der Waals surface area contributed by atoms with E-state index in [1.807, 2.05) is 66.1 Å². The van der Waals surface area contributed by atoms with Gasteiger partial charge < -0.3 is 14.2 Å². The first-order valence-corrected chi connectivity index (χ1v) is 12.3. The highest BCUT2D eigenvalue weighted by Crippen LogP contribution is 2.29. The molecule has 37 heavy (non-hydrogen) atoms. The number of ether oxygens (including phenoxy) is 3. The van der Waals surface area contributed by atoms with Crippen LogP contribution in [0.5, 0.6) is 17.2 Å². The van der Waals surface area contributed by atoms with E-state index in [0.29, 0.717) is 22.5 Å². The van der Waals surface area contributed by atoms with Gasteiger partial charge in [0, 0.05) is 11.3 Å². The van der Waals surface area contributed by atoms with E-state index in [0.717, 1.165) is 28.1 Å². The van der Waals surface area contributed by atoms with E-state index < -0.39 is 0 Å². The summed E-state index contributed by atoms with van der Waals surface area (Å²) < 4.78 is 17.7. The fourth-order valence-corrected chi connectivity index (χ4v) is 4.24. The van der Waals surface area contributed by atoms with E-state index in [2.05, 4.69) is 20.7 Å². The molecule has 0 spiro atoms. The highest BCUT2D eigenvalue weighted by Gasteiger charge is 2.17. The molecule has 0 radical (unpaired) electrons. The molecule has 9 nitrogen and oxygen atoms in total. The SMILES string of the molecule is COc1ccc(-n2c(SCC(=O)N/N=C\c3ccc(OC)c(OC)c3)nnc2-c2ccc(C)cc2)cc1. The van der Waals surface area contributed by atoms with E-state index in [1.165, 1.54) is 11.8 Å². The topological polar surface area (TPSA) is 99.9 Å². The van der Waals surface area contributed by atoms with Crippen LogP contribution in [0.25, 0.3) is 17.1 Å². The third-order valence-electron chi connectivity index (χ3n) is 5.42. The van der Waals surface area contributed by atoms with Crippen molar-refractivity contribution in [1.82, 2.24) is 20.2 Å². The lowest BCUT2D eigenvalue weighted by molar-refractivity contribution is -0.118. The van der Waals surface area contributed by atoms with Crippen LogP contribution >= 0.6 is 11.8 Å². The van der Waals surface area contributed by atoms with E-state index in [9.17, 15) is 4.79 Å². The van der Waals surface area contributed by atoms with Gasteiger partial charge in [-0.2, -0.15) is 5.10 Å². The number of hydrazone groups is 1. The smallest absolute Gasteiger partial charge is 0.250 e. The average molecular weight is 518 g/mol. The number of aryl methyl sites for hydroxylation is 1. The van der Waals surface area contributed by atoms with Gasteiger partial charge in [-0.15, -0.1) is 10.2 Å². The fraction of sp³-hybridized carbons (Fsp3) is 0.185. The zero-order valence-electron chi connectivity index (χ0n) is 21.0. The summed E-state index contributed by atoms with van der Waals surface area (Å²) in [5.74, 6) is 2.45. The molecular weight excluding hydrogens is 490 g/mol. The molecule has 0 aliphatic carbocycles. The minimum absolute atomic E-state index is 0.103. The van der Waals surface area contributed by atoms with Crippen molar-refractivity contribution in [2.24, 2.45) is 5.10 Å². The van der Waals surface area contributed by atoms with E-state index in [4.69, 9.17) is 14.2 Å². The van der Waals surface area contributed by atoms with Gasteiger partial charge in [0.2, 0.25) is 0 Å². The first kappa shape index (κ1) is 25.8. The number of nitrogens with one attached hydrogen (secondary N) is 1. The molecule has 1 heterocycles. The highest BCUT2D eigenvalue weighted by molar-refractivity contribution is 7.99. The number of nitrogens with zero attached hydrogens (tertiary/aromatic N) is 4. The van der Waals surface area contributed by atoms with Crippen LogP contribution in [0, 0.1) is 6.92 Å². The number of methoxy groups -OCH3 is 3. The molecule has 4 rings (SSSR count). The number of hydrogen-bond acceptors (Lipinski definition) is 8. The number of carbonyl (C=O) groups excluding carboxylic acids is 1. The van der Waals surface area contributed by atoms with Crippen LogP contribution in [0.3, 0.4) is 0 Å². The largest absolute Gasteiger partial charge is 0.497 e. The number of rotatable bonds is 10. The van der Waals surface area contributed by atoms with E-state index in [1.54, 1.807) is 39.7 Å². The van der Waals surface area contributed by atoms with Crippen LogP contribution < -0.4 is 19.6 Å². The van der Waals surface area contributed by atoms with Gasteiger partial charge in [-0.1, -0.05) is 41.6 Å². The van der Waals surface area contributed by atoms with E-state index >= 15 is 0 Å². The Balaban J connectivity index is 1.49. The van der Waals surface area contributed by atoms with Gasteiger partial charge in [-0.25, -0.2) is 5.43 Å². The third kappa shape index (κ3) is 6.28. The first-order chi connectivity index (χ1) is 18.0. The van der Waals surface area contributed by atoms with Gasteiger partial charge in [0.1, 0.15) is 5.75 Å². The highest BCUT2D eigenvalue weighted by atomic mass is 32.2. The minimum atomic E-state index is -0.275. The lowest BCUT2D eigenvalue weighted by Crippen LogP contribution is -2.20. The number of carbonyl (C=O) groups is 1. The Labute approximate surface area is 219 Å². The Morgan fingerprint density at radius 2 is 1.68 bits per heavy atom. The molecule has 0 saturated heterocycles. The number of benzene rings is 3. The maximum Gasteiger partial charge on any atom is 0.250 e. The van der Waals surface area contributed by atoms with Crippen LogP contribution in [-0.2, 0) is 4.79 Å². The zero-order chi connectivity index (χ0) is 26.2. The van der Waals surface area contributed by atoms with Crippen molar-refractivity contribution >= 4 is 23.9 Å². The van der Waals surface area contributed by atoms with Crippen LogP contribution in [0.2, 0.25) is 0 Å². The van der Waals surface area contributed by atoms with Gasteiger partial charge in [-0.3, -0.25) is 9.36 Å². The van der Waals surface area contributed by atoms with Gasteiger partial charge in [0.05, 0.1) is 33.3 Å². The number of aromatic nitrogens is 3. The summed E-state index contributed by atoms with van der Waals surface area (Å²) in [5.41, 5.74) is 6.24. The van der Waals surface area contributed by atoms with Crippen LogP contribution in [0.15, 0.2) is 77.0 Å². The molecule has 0 aliphatic rings. The van der Waals surface area contributed by atoms with Crippen molar-refractivity contribution in [2.45, 2.75) is 12.1 Å². The van der Waals surface area contributed by atoms with Gasteiger partial charge in [0.15, 0.2) is 22.5 Å². The molecule has 1 N–H and O–H groups in total. The summed E-state index contributed by atoms with van der Waals surface area (Å²) in [5, 5.41) is 13.4. The van der Waals surface area contributed by atoms with Crippen LogP contribution in [0.4, 0.5) is 0 Å². The van der Waals surface area contributed by atoms with Crippen LogP contribution in [0.1, 0.15) is 11.1 Å². The van der Waals surface area contributed by atoms with Crippen LogP contribution in [-0.4, -0.2) is 54.0 Å². The van der Waals surface area contributed by atoms with Gasteiger partial charge in [-0.05, 0) is 55.0 Å². The number of thioether (sulfide) groups is 1. The minimum Gasteiger partial charge on any atom is -0.497 e. The lowest BCUT2D eigenvalue weighted by atomic mass is 10.1. The second-order valence-electron chi connectivity index (χ2n) is 7.90. The molecule has 10 heteroatoms. The molecule has 0 fully saturated rings. The first-order valence-electron chi connectivity index (χ1n) is 11.4. The molecule has 0 saturated carbocycles. The predicted octanol–water partition coefficient (Wildman–Crippen LogP) is 4.51. The summed E-state index contributed by atoms with van der Waals surface area (Å²) in [6, 6.07) is 21.0. The monoisotopic (exact) mass is 517 g/mol. The molecule has 1 aromatic heterocycles. The molecule has 190 valence electrons. The molecule has 0 unspecified atom stereocenters. The second-order valence-corrected chi connectivity index (χ2v) is 8.84. The summed E-state index contributed by atoms with van der Waals surface area (Å²) in [4.78, 5) is 12.5. The van der Waals surface area contributed by atoms with Crippen molar-refractivity contribution in [1.29, 1.82) is 0 Å². The maximum atomic E-state index is 12.5.